The normalized spacial score (nSPS) is 28.4. The summed E-state index contributed by atoms with van der Waals surface area (Å²) in [6.45, 7) is 5.13. The van der Waals surface area contributed by atoms with Gasteiger partial charge in [-0.15, -0.1) is 0 Å². The van der Waals surface area contributed by atoms with Gasteiger partial charge in [-0.2, -0.15) is 0 Å². The van der Waals surface area contributed by atoms with Crippen molar-refractivity contribution >= 4 is 0 Å². The van der Waals surface area contributed by atoms with Crippen LogP contribution < -0.4 is 0 Å². The first-order chi connectivity index (χ1) is 6.24. The Hall–Kier alpha value is -0.0800. The Labute approximate surface area is 81.9 Å². The summed E-state index contributed by atoms with van der Waals surface area (Å²) >= 11 is 0. The average Bonchev–Trinajstić information content (AvgIpc) is 2.30. The van der Waals surface area contributed by atoms with Crippen molar-refractivity contribution in [1.82, 2.24) is 4.90 Å². The zero-order valence-electron chi connectivity index (χ0n) is 9.00. The molecule has 1 N–H and O–H groups in total. The summed E-state index contributed by atoms with van der Waals surface area (Å²) in [5.74, 6) is 1.55. The van der Waals surface area contributed by atoms with E-state index in [1.165, 1.54) is 32.4 Å². The van der Waals surface area contributed by atoms with Gasteiger partial charge in [-0.1, -0.05) is 6.92 Å². The molecule has 0 aromatic heterocycles. The van der Waals surface area contributed by atoms with Gasteiger partial charge in [-0.25, -0.2) is 0 Å². The molecule has 1 saturated heterocycles. The minimum absolute atomic E-state index is 0.355. The predicted octanol–water partition coefficient (Wildman–Crippen LogP) is 1.74. The Morgan fingerprint density at radius 2 is 2.15 bits per heavy atom. The summed E-state index contributed by atoms with van der Waals surface area (Å²) in [6, 6.07) is 0. The molecule has 2 heteroatoms. The van der Waals surface area contributed by atoms with Crippen LogP contribution in [0.25, 0.3) is 0 Å². The van der Waals surface area contributed by atoms with Gasteiger partial charge in [0.1, 0.15) is 0 Å². The minimum atomic E-state index is 0.355. The second kappa shape index (κ2) is 5.61. The van der Waals surface area contributed by atoms with Crippen LogP contribution in [-0.2, 0) is 0 Å². The summed E-state index contributed by atoms with van der Waals surface area (Å²) in [7, 11) is 2.21. The van der Waals surface area contributed by atoms with Crippen molar-refractivity contribution in [1.29, 1.82) is 0 Å². The maximum Gasteiger partial charge on any atom is 0.0433 e. The molecule has 0 saturated carbocycles. The maximum atomic E-state index is 8.88. The van der Waals surface area contributed by atoms with E-state index in [2.05, 4.69) is 18.9 Å². The van der Waals surface area contributed by atoms with E-state index in [4.69, 9.17) is 5.11 Å². The molecule has 1 aliphatic rings. The SMILES string of the molecule is CC(CCO)C1CCCN(C)CC1. The number of rotatable bonds is 3. The Kier molecular flexibility index (Phi) is 4.74. The molecule has 0 radical (unpaired) electrons. The number of hydrogen-bond acceptors (Lipinski definition) is 2. The quantitative estimate of drug-likeness (QED) is 0.724. The zero-order chi connectivity index (χ0) is 9.68. The zero-order valence-corrected chi connectivity index (χ0v) is 9.00. The molecule has 78 valence electrons. The van der Waals surface area contributed by atoms with Gasteiger partial charge in [0, 0.05) is 6.61 Å². The Bertz CT molecular complexity index is 138. The van der Waals surface area contributed by atoms with Crippen LogP contribution in [0.15, 0.2) is 0 Å². The fraction of sp³-hybridized carbons (Fsp3) is 1.00. The molecule has 13 heavy (non-hydrogen) atoms. The third-order valence-corrected chi connectivity index (χ3v) is 3.39. The van der Waals surface area contributed by atoms with E-state index >= 15 is 0 Å². The van der Waals surface area contributed by atoms with E-state index in [0.717, 1.165) is 12.3 Å². The van der Waals surface area contributed by atoms with Crippen molar-refractivity contribution in [3.05, 3.63) is 0 Å². The number of hydrogen-bond donors (Lipinski definition) is 1. The van der Waals surface area contributed by atoms with Crippen LogP contribution in [0.5, 0.6) is 0 Å². The predicted molar refractivity (Wildman–Crippen MR) is 55.7 cm³/mol. The molecule has 0 bridgehead atoms. The second-order valence-electron chi connectivity index (χ2n) is 4.48. The van der Waals surface area contributed by atoms with Crippen LogP contribution in [-0.4, -0.2) is 36.8 Å². The lowest BCUT2D eigenvalue weighted by Gasteiger charge is -2.21. The third kappa shape index (κ3) is 3.65. The molecule has 0 aromatic rings. The maximum absolute atomic E-state index is 8.88. The van der Waals surface area contributed by atoms with E-state index in [9.17, 15) is 0 Å². The average molecular weight is 185 g/mol. The molecule has 1 heterocycles. The minimum Gasteiger partial charge on any atom is -0.396 e. The molecule has 0 aromatic carbocycles. The van der Waals surface area contributed by atoms with Crippen LogP contribution in [0.2, 0.25) is 0 Å². The van der Waals surface area contributed by atoms with Gasteiger partial charge in [0.15, 0.2) is 0 Å². The van der Waals surface area contributed by atoms with Crippen molar-refractivity contribution in [2.45, 2.75) is 32.6 Å². The van der Waals surface area contributed by atoms with Gasteiger partial charge in [0.25, 0.3) is 0 Å². The molecular formula is C11H23NO. The highest BCUT2D eigenvalue weighted by atomic mass is 16.3. The first-order valence-corrected chi connectivity index (χ1v) is 5.53. The fourth-order valence-corrected chi connectivity index (χ4v) is 2.27. The van der Waals surface area contributed by atoms with E-state index in [-0.39, 0.29) is 0 Å². The van der Waals surface area contributed by atoms with Gasteiger partial charge in [0.2, 0.25) is 0 Å². The van der Waals surface area contributed by atoms with Crippen molar-refractivity contribution in [3.8, 4) is 0 Å². The molecule has 2 unspecified atom stereocenters. The topological polar surface area (TPSA) is 23.5 Å². The number of nitrogens with zero attached hydrogens (tertiary/aromatic N) is 1. The molecular weight excluding hydrogens is 162 g/mol. The van der Waals surface area contributed by atoms with Crippen LogP contribution in [0, 0.1) is 11.8 Å². The Balaban J connectivity index is 2.32. The molecule has 0 amide bonds. The lowest BCUT2D eigenvalue weighted by Crippen LogP contribution is -2.20. The van der Waals surface area contributed by atoms with Crippen LogP contribution >= 0.6 is 0 Å². The lowest BCUT2D eigenvalue weighted by molar-refractivity contribution is 0.217. The number of aliphatic hydroxyl groups is 1. The van der Waals surface area contributed by atoms with Crippen LogP contribution in [0.1, 0.15) is 32.6 Å². The lowest BCUT2D eigenvalue weighted by atomic mass is 9.86. The van der Waals surface area contributed by atoms with Crippen LogP contribution in [0.3, 0.4) is 0 Å². The molecule has 1 rings (SSSR count). The van der Waals surface area contributed by atoms with Gasteiger partial charge < -0.3 is 10.0 Å². The summed E-state index contributed by atoms with van der Waals surface area (Å²) in [5, 5.41) is 8.88. The summed E-state index contributed by atoms with van der Waals surface area (Å²) < 4.78 is 0. The van der Waals surface area contributed by atoms with E-state index < -0.39 is 0 Å². The van der Waals surface area contributed by atoms with Crippen molar-refractivity contribution in [2.24, 2.45) is 11.8 Å². The largest absolute Gasteiger partial charge is 0.396 e. The van der Waals surface area contributed by atoms with Crippen molar-refractivity contribution in [3.63, 3.8) is 0 Å². The third-order valence-electron chi connectivity index (χ3n) is 3.39. The number of aliphatic hydroxyl groups excluding tert-OH is 1. The molecule has 1 aliphatic heterocycles. The fourth-order valence-electron chi connectivity index (χ4n) is 2.27. The van der Waals surface area contributed by atoms with Gasteiger partial charge in [0.05, 0.1) is 0 Å². The summed E-state index contributed by atoms with van der Waals surface area (Å²) in [4.78, 5) is 2.42. The standard InChI is InChI=1S/C11H23NO/c1-10(6-9-13)11-4-3-7-12(2)8-5-11/h10-11,13H,3-9H2,1-2H3. The van der Waals surface area contributed by atoms with Gasteiger partial charge in [-0.05, 0) is 57.7 Å². The monoisotopic (exact) mass is 185 g/mol. The highest BCUT2D eigenvalue weighted by Gasteiger charge is 2.19. The summed E-state index contributed by atoms with van der Waals surface area (Å²) in [5.41, 5.74) is 0. The Morgan fingerprint density at radius 3 is 2.85 bits per heavy atom. The van der Waals surface area contributed by atoms with E-state index in [1.54, 1.807) is 0 Å². The molecule has 1 fully saturated rings. The van der Waals surface area contributed by atoms with Crippen molar-refractivity contribution in [2.75, 3.05) is 26.7 Å². The van der Waals surface area contributed by atoms with Gasteiger partial charge >= 0.3 is 0 Å². The smallest absolute Gasteiger partial charge is 0.0433 e. The molecule has 2 nitrogen and oxygen atoms in total. The first kappa shape index (κ1) is 11.0. The van der Waals surface area contributed by atoms with Gasteiger partial charge in [-0.3, -0.25) is 0 Å². The highest BCUT2D eigenvalue weighted by molar-refractivity contribution is 4.72. The Morgan fingerprint density at radius 1 is 1.38 bits per heavy atom. The molecule has 0 spiro atoms. The first-order valence-electron chi connectivity index (χ1n) is 5.53. The summed E-state index contributed by atoms with van der Waals surface area (Å²) in [6.07, 6.45) is 4.98. The second-order valence-corrected chi connectivity index (χ2v) is 4.48. The molecule has 0 aliphatic carbocycles. The van der Waals surface area contributed by atoms with Crippen LogP contribution in [0.4, 0.5) is 0 Å². The van der Waals surface area contributed by atoms with E-state index in [1.807, 2.05) is 0 Å². The highest BCUT2D eigenvalue weighted by Crippen LogP contribution is 2.26. The number of likely N-dealkylation sites (tertiary alicyclic amines) is 1. The van der Waals surface area contributed by atoms with E-state index in [0.29, 0.717) is 12.5 Å². The van der Waals surface area contributed by atoms with Crippen molar-refractivity contribution < 1.29 is 5.11 Å². The molecule has 2 atom stereocenters.